The summed E-state index contributed by atoms with van der Waals surface area (Å²) in [6.07, 6.45) is 4.37. The van der Waals surface area contributed by atoms with Gasteiger partial charge in [0.25, 0.3) is 0 Å². The Morgan fingerprint density at radius 2 is 1.70 bits per heavy atom. The first-order valence-electron chi connectivity index (χ1n) is 7.24. The molecule has 0 amide bonds. The van der Waals surface area contributed by atoms with Gasteiger partial charge in [-0.25, -0.2) is 0 Å². The van der Waals surface area contributed by atoms with Crippen LogP contribution >= 0.6 is 17.0 Å². The van der Waals surface area contributed by atoms with Crippen LogP contribution in [0.1, 0.15) is 35.5 Å². The number of benzene rings is 1. The molecule has 0 fully saturated rings. The molecule has 1 nitrogen and oxygen atoms in total. The zero-order valence-electron chi connectivity index (χ0n) is 13.3. The number of rotatable bonds is 2. The van der Waals surface area contributed by atoms with E-state index in [1.54, 1.807) is 0 Å². The van der Waals surface area contributed by atoms with Crippen LogP contribution in [0, 0.1) is 0 Å². The van der Waals surface area contributed by atoms with Crippen molar-refractivity contribution in [2.24, 2.45) is 0 Å². The van der Waals surface area contributed by atoms with Crippen molar-refractivity contribution in [2.45, 2.75) is 39.2 Å². The second-order valence-electron chi connectivity index (χ2n) is 9.71. The van der Waals surface area contributed by atoms with Gasteiger partial charge in [-0.3, -0.25) is 0 Å². The van der Waals surface area contributed by atoms with Gasteiger partial charge in [-0.15, -0.1) is 0 Å². The summed E-state index contributed by atoms with van der Waals surface area (Å²) in [7, 11) is 15.7. The Labute approximate surface area is 126 Å². The minimum absolute atomic E-state index is 0.0807. The molecule has 1 N–H and O–H groups in total. The molecular formula is C15H26Cl2NSiZr. The molecule has 1 atom stereocenters. The molecule has 0 saturated heterocycles. The van der Waals surface area contributed by atoms with Gasteiger partial charge in [0.15, 0.2) is 0 Å². The van der Waals surface area contributed by atoms with Gasteiger partial charge in [-0.05, 0) is 0 Å². The van der Waals surface area contributed by atoms with Crippen LogP contribution in [0.2, 0.25) is 9.26 Å². The van der Waals surface area contributed by atoms with Crippen molar-refractivity contribution in [3.05, 3.63) is 41.5 Å². The molecule has 5 heteroatoms. The Bertz CT molecular complexity index is 616. The van der Waals surface area contributed by atoms with E-state index in [0.29, 0.717) is 0 Å². The van der Waals surface area contributed by atoms with Crippen LogP contribution in [0.25, 0.3) is 6.08 Å². The Morgan fingerprint density at radius 3 is 2.25 bits per heavy atom. The van der Waals surface area contributed by atoms with Crippen LogP contribution in [-0.4, -0.2) is 12.9 Å². The van der Waals surface area contributed by atoms with Crippen molar-refractivity contribution in [2.75, 3.05) is 0 Å². The van der Waals surface area contributed by atoms with Crippen molar-refractivity contribution >= 4 is 30.5 Å². The summed E-state index contributed by atoms with van der Waals surface area (Å²) in [6.45, 7) is 6.42. The zero-order valence-corrected chi connectivity index (χ0v) is 19.3. The van der Waals surface area contributed by atoms with E-state index in [-0.39, 0.29) is 9.16 Å². The number of allylic oxidation sites excluding steroid dienone is 1. The van der Waals surface area contributed by atoms with Crippen molar-refractivity contribution in [1.82, 2.24) is 3.26 Å². The zero-order chi connectivity index (χ0) is 15.6. The summed E-state index contributed by atoms with van der Waals surface area (Å²) < 4.78 is 8.09. The number of halogens is 2. The van der Waals surface area contributed by atoms with Crippen LogP contribution in [0.4, 0.5) is 0 Å². The third-order valence-corrected chi connectivity index (χ3v) is 25.3. The second kappa shape index (κ2) is 3.57. The molecule has 113 valence electrons. The predicted octanol–water partition coefficient (Wildman–Crippen LogP) is 4.50. The SMILES string of the molecule is CC(C)(C)[NH][Zr]([CH3])([CH3])([SiH3])([Cl])([Cl])[CH]1C=Cc2ccccc21. The van der Waals surface area contributed by atoms with Gasteiger partial charge < -0.3 is 0 Å². The van der Waals surface area contributed by atoms with E-state index in [9.17, 15) is 0 Å². The fourth-order valence-electron chi connectivity index (χ4n) is 4.02. The molecule has 0 heterocycles. The molecule has 0 spiro atoms. The first-order chi connectivity index (χ1) is 8.53. The number of fused-ring (bicyclic) bond motifs is 1. The molecule has 2 rings (SSSR count). The fourth-order valence-corrected chi connectivity index (χ4v) is 31.6. The van der Waals surface area contributed by atoms with Crippen molar-refractivity contribution in [1.29, 1.82) is 0 Å². The van der Waals surface area contributed by atoms with Crippen molar-refractivity contribution in [3.63, 3.8) is 0 Å². The van der Waals surface area contributed by atoms with E-state index >= 15 is 0 Å². The van der Waals surface area contributed by atoms with Crippen molar-refractivity contribution in [3.8, 4) is 0 Å². The Balaban J connectivity index is 2.69. The molecule has 20 heavy (non-hydrogen) atoms. The molecule has 0 aliphatic heterocycles. The van der Waals surface area contributed by atoms with Gasteiger partial charge in [0, 0.05) is 0 Å². The quantitative estimate of drug-likeness (QED) is 0.708. The summed E-state index contributed by atoms with van der Waals surface area (Å²) in [4.78, 5) is 0. The molecular weight excluding hydrogens is 384 g/mol. The minimum atomic E-state index is -5.03. The third-order valence-electron chi connectivity index (χ3n) is 4.04. The Hall–Kier alpha value is 0.600. The fraction of sp³-hybridized carbons (Fsp3) is 0.467. The first kappa shape index (κ1) is 17.0. The van der Waals surface area contributed by atoms with Crippen LogP contribution < -0.4 is 3.26 Å². The maximum absolute atomic E-state index is 7.48. The van der Waals surface area contributed by atoms with Gasteiger partial charge in [-0.1, -0.05) is 0 Å². The van der Waals surface area contributed by atoms with E-state index in [2.05, 4.69) is 69.7 Å². The van der Waals surface area contributed by atoms with E-state index in [4.69, 9.17) is 17.0 Å². The van der Waals surface area contributed by atoms with E-state index in [0.717, 1.165) is 7.37 Å². The molecule has 1 aliphatic rings. The number of hydrogen-bond acceptors (Lipinski definition) is 1. The van der Waals surface area contributed by atoms with E-state index in [1.807, 2.05) is 0 Å². The van der Waals surface area contributed by atoms with Crippen LogP contribution in [0.3, 0.4) is 0 Å². The van der Waals surface area contributed by atoms with Gasteiger partial charge in [-0.2, -0.15) is 0 Å². The Morgan fingerprint density at radius 1 is 1.15 bits per heavy atom. The predicted molar refractivity (Wildman–Crippen MR) is 94.5 cm³/mol. The van der Waals surface area contributed by atoms with Crippen LogP contribution in [0.15, 0.2) is 30.3 Å². The van der Waals surface area contributed by atoms with Gasteiger partial charge in [0.1, 0.15) is 0 Å². The van der Waals surface area contributed by atoms with E-state index < -0.39 is 12.9 Å². The number of nitrogens with one attached hydrogen (secondary N) is 1. The maximum atomic E-state index is 7.48. The molecule has 1 unspecified atom stereocenters. The third kappa shape index (κ3) is 3.33. The molecule has 0 radical (unpaired) electrons. The average Bonchev–Trinajstić information content (AvgIpc) is 2.54. The molecule has 1 aliphatic carbocycles. The summed E-state index contributed by atoms with van der Waals surface area (Å²) in [6, 6.07) is 8.42. The first-order valence-corrected chi connectivity index (χ1v) is 29.5. The second-order valence-corrected chi connectivity index (χ2v) is 89.0. The number of hydrogen-bond donors (Lipinski definition) is 1. The molecule has 1 aromatic carbocycles. The molecule has 0 aromatic heterocycles. The Kier molecular flexibility index (Phi) is 3.03. The summed E-state index contributed by atoms with van der Waals surface area (Å²) in [5.41, 5.74) is 2.38. The molecule has 0 bridgehead atoms. The summed E-state index contributed by atoms with van der Waals surface area (Å²) in [5, 5.41) is 0. The molecule has 0 saturated carbocycles. The van der Waals surface area contributed by atoms with Crippen molar-refractivity contribution < 1.29 is 12.9 Å². The van der Waals surface area contributed by atoms with Gasteiger partial charge in [0.2, 0.25) is 0 Å². The van der Waals surface area contributed by atoms with E-state index in [1.165, 1.54) is 11.1 Å². The standard InChI is InChI=1S/C9H7.C4H10N.2CH3.2ClH.H3Si.Zr/c1-2-5-9-7-3-6-8(9)4-1;1-4(2,3)5;;;;;;/h1-7H;5H,1-3H3;2*1H3;2*1H;1H3;/q;-1;;;;;;+3/p-2. The average molecular weight is 411 g/mol. The topological polar surface area (TPSA) is 12.0 Å². The van der Waals surface area contributed by atoms with Crippen LogP contribution in [0.5, 0.6) is 0 Å². The van der Waals surface area contributed by atoms with Gasteiger partial charge >= 0.3 is 127 Å². The van der Waals surface area contributed by atoms with Crippen LogP contribution in [-0.2, 0) is 12.9 Å². The molecule has 1 aromatic rings. The monoisotopic (exact) mass is 408 g/mol. The normalized spacial score (nSPS) is 24.6. The summed E-state index contributed by atoms with van der Waals surface area (Å²) in [5.74, 6) is 0. The van der Waals surface area contributed by atoms with Gasteiger partial charge in [0.05, 0.1) is 0 Å². The summed E-state index contributed by atoms with van der Waals surface area (Å²) >= 11 is -5.03.